The highest BCUT2D eigenvalue weighted by molar-refractivity contribution is 4.99. The van der Waals surface area contributed by atoms with E-state index in [1.54, 1.807) is 0 Å². The molecular formula is C33H54O4. The molecule has 4 nitrogen and oxygen atoms in total. The van der Waals surface area contributed by atoms with Gasteiger partial charge in [0.2, 0.25) is 0 Å². The van der Waals surface area contributed by atoms with Gasteiger partial charge >= 0.3 is 0 Å². The highest BCUT2D eigenvalue weighted by Gasteiger charge is 2.49. The highest BCUT2D eigenvalue weighted by Crippen LogP contribution is 2.57. The van der Waals surface area contributed by atoms with Crippen LogP contribution in [0.2, 0.25) is 0 Å². The summed E-state index contributed by atoms with van der Waals surface area (Å²) >= 11 is 0. The van der Waals surface area contributed by atoms with Crippen LogP contribution in [0.5, 0.6) is 0 Å². The minimum Gasteiger partial charge on any atom is -0.393 e. The Morgan fingerprint density at radius 2 is 1.05 bits per heavy atom. The fraction of sp³-hybridized carbons (Fsp3) is 1.00. The van der Waals surface area contributed by atoms with Gasteiger partial charge in [0.1, 0.15) is 0 Å². The third-order valence-corrected chi connectivity index (χ3v) is 12.6. The van der Waals surface area contributed by atoms with Crippen molar-refractivity contribution in [2.45, 2.75) is 128 Å². The standard InChI is InChI=1S/C33H54O4/c1-20(34)10-25-8-6-23-4-2-21(11-27-17-35-27)13-30(23)32(25)16-33-26(15-29-19-37-29)9-7-24-5-3-22(14-31(24)33)12-28-18-36-28/h20-34H,2-19H2,1H3. The van der Waals surface area contributed by atoms with E-state index in [1.807, 2.05) is 6.92 Å². The van der Waals surface area contributed by atoms with Gasteiger partial charge < -0.3 is 19.3 Å². The lowest BCUT2D eigenvalue weighted by molar-refractivity contribution is -0.0405. The molecule has 1 N–H and O–H groups in total. The van der Waals surface area contributed by atoms with E-state index >= 15 is 0 Å². The number of fused-ring (bicyclic) bond motifs is 2. The molecule has 3 aliphatic heterocycles. The van der Waals surface area contributed by atoms with Crippen LogP contribution in [-0.4, -0.2) is 49.3 Å². The first kappa shape index (κ1) is 25.8. The van der Waals surface area contributed by atoms with Crippen LogP contribution in [0.25, 0.3) is 0 Å². The molecular weight excluding hydrogens is 460 g/mol. The van der Waals surface area contributed by atoms with E-state index in [9.17, 15) is 5.11 Å². The first-order chi connectivity index (χ1) is 18.1. The van der Waals surface area contributed by atoms with Crippen molar-refractivity contribution in [1.29, 1.82) is 0 Å². The van der Waals surface area contributed by atoms with Crippen molar-refractivity contribution < 1.29 is 19.3 Å². The smallest absolute Gasteiger partial charge is 0.0812 e. The zero-order chi connectivity index (χ0) is 24.9. The van der Waals surface area contributed by atoms with Gasteiger partial charge in [-0.15, -0.1) is 0 Å². The predicted molar refractivity (Wildman–Crippen MR) is 145 cm³/mol. The second-order valence-corrected chi connectivity index (χ2v) is 15.1. The molecule has 7 fully saturated rings. The lowest BCUT2D eigenvalue weighted by atomic mass is 9.52. The molecule has 0 bridgehead atoms. The Kier molecular flexibility index (Phi) is 7.68. The molecule has 0 aromatic heterocycles. The topological polar surface area (TPSA) is 57.8 Å². The number of aliphatic hydroxyl groups is 1. The largest absolute Gasteiger partial charge is 0.393 e. The molecule has 0 spiro atoms. The third kappa shape index (κ3) is 6.28. The Labute approximate surface area is 226 Å². The molecule has 4 aliphatic carbocycles. The number of hydrogen-bond donors (Lipinski definition) is 1. The quantitative estimate of drug-likeness (QED) is 0.332. The van der Waals surface area contributed by atoms with Crippen molar-refractivity contribution in [3.63, 3.8) is 0 Å². The minimum atomic E-state index is -0.157. The van der Waals surface area contributed by atoms with Gasteiger partial charge in [0, 0.05) is 0 Å². The molecule has 14 atom stereocenters. The van der Waals surface area contributed by atoms with Crippen LogP contribution in [0.15, 0.2) is 0 Å². The summed E-state index contributed by atoms with van der Waals surface area (Å²) < 4.78 is 17.2. The Morgan fingerprint density at radius 3 is 1.57 bits per heavy atom. The maximum Gasteiger partial charge on any atom is 0.0812 e. The molecule has 4 saturated carbocycles. The molecule has 210 valence electrons. The van der Waals surface area contributed by atoms with Crippen molar-refractivity contribution in [2.24, 2.45) is 59.2 Å². The summed E-state index contributed by atoms with van der Waals surface area (Å²) in [6.07, 6.45) is 22.5. The number of hydrogen-bond acceptors (Lipinski definition) is 4. The van der Waals surface area contributed by atoms with E-state index in [0.29, 0.717) is 18.3 Å². The molecule has 37 heavy (non-hydrogen) atoms. The number of aliphatic hydroxyl groups excluding tert-OH is 1. The lowest BCUT2D eigenvalue weighted by Gasteiger charge is -2.53. The van der Waals surface area contributed by atoms with Crippen LogP contribution < -0.4 is 0 Å². The average molecular weight is 515 g/mol. The van der Waals surface area contributed by atoms with Crippen LogP contribution >= 0.6 is 0 Å². The molecule has 7 rings (SSSR count). The van der Waals surface area contributed by atoms with Gasteiger partial charge in [-0.1, -0.05) is 12.8 Å². The molecule has 0 amide bonds. The first-order valence-corrected chi connectivity index (χ1v) is 16.6. The maximum atomic E-state index is 10.5. The molecule has 4 heteroatoms. The zero-order valence-corrected chi connectivity index (χ0v) is 23.5. The molecule has 3 saturated heterocycles. The second-order valence-electron chi connectivity index (χ2n) is 15.1. The van der Waals surface area contributed by atoms with Gasteiger partial charge in [-0.25, -0.2) is 0 Å². The fourth-order valence-electron chi connectivity index (χ4n) is 10.7. The predicted octanol–water partition coefficient (Wildman–Crippen LogP) is 6.63. The fourth-order valence-corrected chi connectivity index (χ4v) is 10.7. The van der Waals surface area contributed by atoms with Gasteiger partial charge in [-0.2, -0.15) is 0 Å². The summed E-state index contributed by atoms with van der Waals surface area (Å²) in [5.74, 6) is 8.85. The Hall–Kier alpha value is -0.160. The lowest BCUT2D eigenvalue weighted by Crippen LogP contribution is -2.45. The van der Waals surface area contributed by atoms with E-state index in [0.717, 1.165) is 85.4 Å². The Bertz CT molecular complexity index is 699. The van der Waals surface area contributed by atoms with Crippen LogP contribution in [-0.2, 0) is 14.2 Å². The molecule has 0 radical (unpaired) electrons. The van der Waals surface area contributed by atoms with Gasteiger partial charge in [0.05, 0.1) is 44.2 Å². The van der Waals surface area contributed by atoms with Crippen LogP contribution in [0.3, 0.4) is 0 Å². The van der Waals surface area contributed by atoms with E-state index in [1.165, 1.54) is 89.9 Å². The summed E-state index contributed by atoms with van der Waals surface area (Å²) in [5.41, 5.74) is 0. The minimum absolute atomic E-state index is 0.157. The maximum absolute atomic E-state index is 10.5. The monoisotopic (exact) mass is 514 g/mol. The second kappa shape index (κ2) is 11.0. The van der Waals surface area contributed by atoms with Gasteiger partial charge in [0.25, 0.3) is 0 Å². The molecule has 3 heterocycles. The van der Waals surface area contributed by atoms with Crippen molar-refractivity contribution in [3.05, 3.63) is 0 Å². The van der Waals surface area contributed by atoms with E-state index in [-0.39, 0.29) is 6.10 Å². The first-order valence-electron chi connectivity index (χ1n) is 16.6. The summed E-state index contributed by atoms with van der Waals surface area (Å²) in [6.45, 7) is 5.10. The SMILES string of the molecule is CC(O)CC1CCC2CCC(CC3CO3)CC2C1CC1C(CC2CO2)CCC2CCC(CC3CO3)CC21. The Balaban J connectivity index is 1.12. The number of rotatable bonds is 10. The van der Waals surface area contributed by atoms with Crippen molar-refractivity contribution in [1.82, 2.24) is 0 Å². The third-order valence-electron chi connectivity index (χ3n) is 12.6. The van der Waals surface area contributed by atoms with Crippen molar-refractivity contribution >= 4 is 0 Å². The molecule has 7 aliphatic rings. The summed E-state index contributed by atoms with van der Waals surface area (Å²) in [4.78, 5) is 0. The van der Waals surface area contributed by atoms with Crippen LogP contribution in [0.4, 0.5) is 0 Å². The van der Waals surface area contributed by atoms with E-state index in [2.05, 4.69) is 0 Å². The van der Waals surface area contributed by atoms with Gasteiger partial charge in [-0.05, 0) is 150 Å². The van der Waals surface area contributed by atoms with E-state index in [4.69, 9.17) is 14.2 Å². The van der Waals surface area contributed by atoms with Crippen LogP contribution in [0.1, 0.15) is 103 Å². The van der Waals surface area contributed by atoms with Gasteiger partial charge in [-0.3, -0.25) is 0 Å². The van der Waals surface area contributed by atoms with E-state index < -0.39 is 0 Å². The average Bonchev–Trinajstić information content (AvgIpc) is 3.71. The van der Waals surface area contributed by atoms with Crippen LogP contribution in [0, 0.1) is 59.2 Å². The zero-order valence-electron chi connectivity index (χ0n) is 23.5. The normalized spacial score (nSPS) is 51.6. The van der Waals surface area contributed by atoms with Gasteiger partial charge in [0.15, 0.2) is 0 Å². The molecule has 14 unspecified atom stereocenters. The highest BCUT2D eigenvalue weighted by atomic mass is 16.6. The summed E-state index contributed by atoms with van der Waals surface area (Å²) in [5, 5.41) is 10.5. The van der Waals surface area contributed by atoms with Crippen molar-refractivity contribution in [2.75, 3.05) is 19.8 Å². The molecule has 0 aromatic carbocycles. The summed E-state index contributed by atoms with van der Waals surface area (Å²) in [6, 6.07) is 0. The van der Waals surface area contributed by atoms with Crippen molar-refractivity contribution in [3.8, 4) is 0 Å². The summed E-state index contributed by atoms with van der Waals surface area (Å²) in [7, 11) is 0. The number of epoxide rings is 3. The number of ether oxygens (including phenoxy) is 3. The Morgan fingerprint density at radius 1 is 0.595 bits per heavy atom. The molecule has 0 aromatic rings.